The molecule has 0 saturated carbocycles. The molecule has 36 heavy (non-hydrogen) atoms. The van der Waals surface area contributed by atoms with Crippen molar-refractivity contribution in [2.75, 3.05) is 44.8 Å². The Balaban J connectivity index is 1.55. The first-order chi connectivity index (χ1) is 17.5. The molecule has 0 radical (unpaired) electrons. The molecule has 1 saturated heterocycles. The van der Waals surface area contributed by atoms with Gasteiger partial charge in [0.05, 0.1) is 24.4 Å². The molecular weight excluding hydrogens is 461 g/mol. The summed E-state index contributed by atoms with van der Waals surface area (Å²) in [5, 5.41) is 13.4. The zero-order valence-corrected chi connectivity index (χ0v) is 20.7. The summed E-state index contributed by atoms with van der Waals surface area (Å²) in [4.78, 5) is 20.8. The number of aryl methyl sites for hydroxylation is 2. The van der Waals surface area contributed by atoms with Gasteiger partial charge >= 0.3 is 0 Å². The lowest BCUT2D eigenvalue weighted by molar-refractivity contribution is 0.171. The summed E-state index contributed by atoms with van der Waals surface area (Å²) in [6, 6.07) is 12.4. The fourth-order valence-corrected chi connectivity index (χ4v) is 4.97. The number of halogens is 1. The van der Waals surface area contributed by atoms with E-state index in [0.717, 1.165) is 22.0 Å². The summed E-state index contributed by atoms with van der Waals surface area (Å²) in [7, 11) is 1.63. The van der Waals surface area contributed by atoms with E-state index in [-0.39, 0.29) is 11.4 Å². The average Bonchev–Trinajstić information content (AvgIpc) is 3.35. The Kier molecular flexibility index (Phi) is 6.80. The quantitative estimate of drug-likeness (QED) is 0.425. The number of nitrogens with one attached hydrogen (secondary N) is 1. The van der Waals surface area contributed by atoms with Gasteiger partial charge in [-0.25, -0.2) is 9.07 Å². The molecule has 1 aliphatic rings. The lowest BCUT2D eigenvalue weighted by atomic mass is 9.99. The van der Waals surface area contributed by atoms with Gasteiger partial charge in [0.15, 0.2) is 5.82 Å². The summed E-state index contributed by atoms with van der Waals surface area (Å²) in [5.74, 6) is 0.351. The predicted octanol–water partition coefficient (Wildman–Crippen LogP) is 2.83. The lowest BCUT2D eigenvalue weighted by Crippen LogP contribution is -2.49. The number of rotatable bonds is 7. The van der Waals surface area contributed by atoms with E-state index in [1.807, 2.05) is 36.9 Å². The van der Waals surface area contributed by atoms with Crippen LogP contribution in [0.1, 0.15) is 28.6 Å². The minimum atomic E-state index is -0.465. The summed E-state index contributed by atoms with van der Waals surface area (Å²) in [5.41, 5.74) is 3.94. The fraction of sp³-hybridized carbons (Fsp3) is 0.385. The van der Waals surface area contributed by atoms with Crippen molar-refractivity contribution in [2.24, 2.45) is 0 Å². The van der Waals surface area contributed by atoms with Gasteiger partial charge in [-0.15, -0.1) is 5.10 Å². The first-order valence-electron chi connectivity index (χ1n) is 12.1. The van der Waals surface area contributed by atoms with Crippen LogP contribution in [0, 0.1) is 19.7 Å². The maximum Gasteiger partial charge on any atom is 0.253 e. The van der Waals surface area contributed by atoms with E-state index < -0.39 is 6.04 Å². The molecule has 0 spiro atoms. The first kappa shape index (κ1) is 24.1. The van der Waals surface area contributed by atoms with E-state index in [2.05, 4.69) is 31.5 Å². The van der Waals surface area contributed by atoms with Gasteiger partial charge in [-0.1, -0.05) is 24.3 Å². The molecule has 2 aromatic heterocycles. The standard InChI is InChI=1S/C26H30FN7O2/c1-17-8-9-18(2)23-19(17)16-20(26(35)28-23)24(25-29-30-31-34(25)14-15-36-3)33-12-10-32(11-13-33)22-7-5-4-6-21(22)27/h4-9,16,24H,10-15H2,1-3H3,(H,28,35)/t24-/m1/s1. The van der Waals surface area contributed by atoms with Crippen LogP contribution in [0.3, 0.4) is 0 Å². The van der Waals surface area contributed by atoms with Crippen LogP contribution in [-0.2, 0) is 11.3 Å². The number of anilines is 1. The van der Waals surface area contributed by atoms with Crippen LogP contribution in [0.4, 0.5) is 10.1 Å². The summed E-state index contributed by atoms with van der Waals surface area (Å²) >= 11 is 0. The van der Waals surface area contributed by atoms with Crippen LogP contribution in [0.2, 0.25) is 0 Å². The van der Waals surface area contributed by atoms with E-state index in [9.17, 15) is 9.18 Å². The molecule has 1 atom stereocenters. The molecule has 4 aromatic rings. The third kappa shape index (κ3) is 4.49. The van der Waals surface area contributed by atoms with Gasteiger partial charge in [0.25, 0.3) is 5.56 Å². The normalized spacial score (nSPS) is 15.5. The second-order valence-corrected chi connectivity index (χ2v) is 9.17. The van der Waals surface area contributed by atoms with E-state index >= 15 is 0 Å². The van der Waals surface area contributed by atoms with Gasteiger partial charge in [0.2, 0.25) is 0 Å². The smallest absolute Gasteiger partial charge is 0.253 e. The lowest BCUT2D eigenvalue weighted by Gasteiger charge is -2.39. The minimum Gasteiger partial charge on any atom is -0.383 e. The molecule has 1 N–H and O–H groups in total. The van der Waals surface area contributed by atoms with E-state index in [4.69, 9.17) is 4.74 Å². The second-order valence-electron chi connectivity index (χ2n) is 9.17. The van der Waals surface area contributed by atoms with Crippen LogP contribution in [0.5, 0.6) is 0 Å². The van der Waals surface area contributed by atoms with E-state index in [0.29, 0.717) is 56.4 Å². The van der Waals surface area contributed by atoms with Crippen LogP contribution < -0.4 is 10.5 Å². The van der Waals surface area contributed by atoms with Gasteiger partial charge < -0.3 is 14.6 Å². The van der Waals surface area contributed by atoms with Crippen LogP contribution >= 0.6 is 0 Å². The number of aromatic amines is 1. The van der Waals surface area contributed by atoms with Crippen molar-refractivity contribution in [2.45, 2.75) is 26.4 Å². The topological polar surface area (TPSA) is 92.2 Å². The Morgan fingerprint density at radius 1 is 1.08 bits per heavy atom. The second kappa shape index (κ2) is 10.2. The SMILES string of the molecule is COCCn1nnnc1[C@@H](c1cc2c(C)ccc(C)c2[nH]c1=O)N1CCN(c2ccccc2F)CC1. The molecular formula is C26H30FN7O2. The molecule has 0 unspecified atom stereocenters. The molecule has 9 nitrogen and oxygen atoms in total. The van der Waals surface area contributed by atoms with Gasteiger partial charge in [0.1, 0.15) is 11.9 Å². The molecule has 2 aromatic carbocycles. The zero-order chi connectivity index (χ0) is 25.2. The third-order valence-corrected chi connectivity index (χ3v) is 6.95. The number of methoxy groups -OCH3 is 1. The first-order valence-corrected chi connectivity index (χ1v) is 12.1. The van der Waals surface area contributed by atoms with Crippen molar-refractivity contribution in [1.82, 2.24) is 30.1 Å². The molecule has 0 amide bonds. The number of benzene rings is 2. The number of nitrogens with zero attached hydrogens (tertiary/aromatic N) is 6. The molecule has 1 fully saturated rings. The number of H-pyrrole nitrogens is 1. The summed E-state index contributed by atoms with van der Waals surface area (Å²) in [6.07, 6.45) is 0. The molecule has 3 heterocycles. The molecule has 1 aliphatic heterocycles. The fourth-order valence-electron chi connectivity index (χ4n) is 4.97. The van der Waals surface area contributed by atoms with Crippen molar-refractivity contribution in [3.8, 4) is 0 Å². The monoisotopic (exact) mass is 491 g/mol. The molecule has 0 bridgehead atoms. The Hall–Kier alpha value is -3.63. The number of para-hydroxylation sites is 1. The van der Waals surface area contributed by atoms with E-state index in [1.54, 1.807) is 23.9 Å². The van der Waals surface area contributed by atoms with Crippen LogP contribution in [0.25, 0.3) is 10.9 Å². The number of piperazine rings is 1. The Morgan fingerprint density at radius 2 is 1.83 bits per heavy atom. The number of hydrogen-bond donors (Lipinski definition) is 1. The number of fused-ring (bicyclic) bond motifs is 1. The highest BCUT2D eigenvalue weighted by Gasteiger charge is 2.33. The van der Waals surface area contributed by atoms with Crippen LogP contribution in [-0.4, -0.2) is 70.0 Å². The maximum atomic E-state index is 14.4. The molecule has 188 valence electrons. The molecule has 0 aliphatic carbocycles. The largest absolute Gasteiger partial charge is 0.383 e. The highest BCUT2D eigenvalue weighted by atomic mass is 19.1. The van der Waals surface area contributed by atoms with Gasteiger partial charge in [-0.2, -0.15) is 0 Å². The van der Waals surface area contributed by atoms with Crippen molar-refractivity contribution in [3.63, 3.8) is 0 Å². The minimum absolute atomic E-state index is 0.168. The molecule has 10 heteroatoms. The van der Waals surface area contributed by atoms with Gasteiger partial charge in [-0.3, -0.25) is 9.69 Å². The highest BCUT2D eigenvalue weighted by molar-refractivity contribution is 5.85. The number of aromatic nitrogens is 5. The average molecular weight is 492 g/mol. The number of tetrazole rings is 1. The third-order valence-electron chi connectivity index (χ3n) is 6.95. The number of ether oxygens (including phenoxy) is 1. The molecule has 5 rings (SSSR count). The Bertz CT molecular complexity index is 1430. The Morgan fingerprint density at radius 3 is 2.58 bits per heavy atom. The summed E-state index contributed by atoms with van der Waals surface area (Å²) in [6.45, 7) is 7.38. The van der Waals surface area contributed by atoms with Crippen molar-refractivity contribution in [1.29, 1.82) is 0 Å². The Labute approximate surface area is 208 Å². The van der Waals surface area contributed by atoms with Gasteiger partial charge in [0, 0.05) is 44.2 Å². The zero-order valence-electron chi connectivity index (χ0n) is 20.7. The van der Waals surface area contributed by atoms with Crippen molar-refractivity contribution in [3.05, 3.63) is 81.2 Å². The predicted molar refractivity (Wildman–Crippen MR) is 136 cm³/mol. The van der Waals surface area contributed by atoms with Gasteiger partial charge in [-0.05, 0) is 53.6 Å². The number of pyridine rings is 1. The van der Waals surface area contributed by atoms with Crippen LogP contribution in [0.15, 0.2) is 47.3 Å². The van der Waals surface area contributed by atoms with Crippen molar-refractivity contribution < 1.29 is 9.13 Å². The highest BCUT2D eigenvalue weighted by Crippen LogP contribution is 2.30. The number of hydrogen-bond acceptors (Lipinski definition) is 7. The van der Waals surface area contributed by atoms with E-state index in [1.165, 1.54) is 6.07 Å². The maximum absolute atomic E-state index is 14.4. The van der Waals surface area contributed by atoms with Crippen molar-refractivity contribution >= 4 is 16.6 Å². The summed E-state index contributed by atoms with van der Waals surface area (Å²) < 4.78 is 21.4.